The second-order valence-electron chi connectivity index (χ2n) is 6.82. The van der Waals surface area contributed by atoms with E-state index in [4.69, 9.17) is 20.6 Å². The van der Waals surface area contributed by atoms with Crippen molar-refractivity contribution in [3.05, 3.63) is 53.3 Å². The molecule has 0 amide bonds. The second-order valence-corrected chi connectivity index (χ2v) is 6.82. The number of hydrogen-bond donors (Lipinski definition) is 2. The zero-order chi connectivity index (χ0) is 20.2. The molecule has 0 atom stereocenters. The number of ether oxygens (including phenoxy) is 1. The van der Waals surface area contributed by atoms with Gasteiger partial charge in [0, 0.05) is 24.0 Å². The molecular weight excluding hydrogens is 404 g/mol. The molecule has 0 bridgehead atoms. The number of para-hydroxylation sites is 1. The summed E-state index contributed by atoms with van der Waals surface area (Å²) in [6, 6.07) is 9.76. The van der Waals surface area contributed by atoms with Gasteiger partial charge in [0.1, 0.15) is 11.4 Å². The topological polar surface area (TPSA) is 108 Å². The minimum absolute atomic E-state index is 0. The van der Waals surface area contributed by atoms with Crippen LogP contribution in [0.3, 0.4) is 0 Å². The number of halogens is 1. The number of nitrogens with zero attached hydrogens (tertiary/aromatic N) is 4. The molecule has 1 aliphatic carbocycles. The molecule has 3 N–H and O–H groups in total. The predicted octanol–water partition coefficient (Wildman–Crippen LogP) is 3.13. The number of aryl methyl sites for hydroxylation is 2. The third-order valence-electron chi connectivity index (χ3n) is 4.86. The second kappa shape index (κ2) is 9.69. The standard InChI is InChI=1S/C21H24N6O2.ClH/c1-2-29-20(28)19-16-10-9-14-13-23-21(24-15-7-4-3-5-8-15)25-17(14)18(16)26-27(19)12-6-11-22;/h3-5,7-8,13H,2,6,9-12,22H2,1H3,(H,23,24,25);1H. The molecule has 0 unspecified atom stereocenters. The molecule has 0 fully saturated rings. The SMILES string of the molecule is CCOC(=O)c1c2c(nn1CCCN)-c1nc(Nc3ccccc3)ncc1CC2.Cl. The smallest absolute Gasteiger partial charge is 0.356 e. The quantitative estimate of drug-likeness (QED) is 0.556. The Bertz CT molecular complexity index is 1020. The summed E-state index contributed by atoms with van der Waals surface area (Å²) in [5.74, 6) is 0.149. The first-order chi connectivity index (χ1) is 14.2. The number of carbonyl (C=O) groups is 1. The van der Waals surface area contributed by atoms with Gasteiger partial charge in [-0.05, 0) is 50.4 Å². The van der Waals surface area contributed by atoms with E-state index in [2.05, 4.69) is 10.3 Å². The van der Waals surface area contributed by atoms with Crippen LogP contribution in [-0.2, 0) is 24.1 Å². The first-order valence-electron chi connectivity index (χ1n) is 9.86. The summed E-state index contributed by atoms with van der Waals surface area (Å²) in [7, 11) is 0. The normalized spacial score (nSPS) is 11.8. The molecule has 0 saturated carbocycles. The molecule has 4 rings (SSSR count). The van der Waals surface area contributed by atoms with E-state index in [1.165, 1.54) is 0 Å². The predicted molar refractivity (Wildman–Crippen MR) is 117 cm³/mol. The van der Waals surface area contributed by atoms with E-state index >= 15 is 0 Å². The lowest BCUT2D eigenvalue weighted by atomic mass is 9.93. The molecule has 2 aromatic heterocycles. The summed E-state index contributed by atoms with van der Waals surface area (Å²) in [6.07, 6.45) is 4.01. The van der Waals surface area contributed by atoms with Crippen LogP contribution in [0.1, 0.15) is 35.0 Å². The van der Waals surface area contributed by atoms with Gasteiger partial charge in [0.25, 0.3) is 0 Å². The zero-order valence-corrected chi connectivity index (χ0v) is 17.6. The molecule has 0 spiro atoms. The Morgan fingerprint density at radius 3 is 2.77 bits per heavy atom. The minimum Gasteiger partial charge on any atom is -0.461 e. The van der Waals surface area contributed by atoms with Crippen LogP contribution in [0.2, 0.25) is 0 Å². The third kappa shape index (κ3) is 4.29. The van der Waals surface area contributed by atoms with Gasteiger partial charge in [-0.3, -0.25) is 4.68 Å². The van der Waals surface area contributed by atoms with E-state index in [-0.39, 0.29) is 18.4 Å². The van der Waals surface area contributed by atoms with Crippen LogP contribution in [0.15, 0.2) is 36.5 Å². The van der Waals surface area contributed by atoms with E-state index in [0.717, 1.165) is 41.0 Å². The monoisotopic (exact) mass is 428 g/mol. The zero-order valence-electron chi connectivity index (χ0n) is 16.8. The van der Waals surface area contributed by atoms with Crippen LogP contribution in [0.25, 0.3) is 11.4 Å². The molecule has 8 nitrogen and oxygen atoms in total. The summed E-state index contributed by atoms with van der Waals surface area (Å²) in [5, 5.41) is 7.94. The third-order valence-corrected chi connectivity index (χ3v) is 4.86. The Labute approximate surface area is 181 Å². The molecule has 0 aliphatic heterocycles. The average molecular weight is 429 g/mol. The van der Waals surface area contributed by atoms with Crippen LogP contribution >= 0.6 is 12.4 Å². The van der Waals surface area contributed by atoms with Crippen LogP contribution < -0.4 is 11.1 Å². The fourth-order valence-electron chi connectivity index (χ4n) is 3.52. The van der Waals surface area contributed by atoms with E-state index < -0.39 is 0 Å². The van der Waals surface area contributed by atoms with Gasteiger partial charge in [-0.15, -0.1) is 12.4 Å². The number of fused-ring (bicyclic) bond motifs is 3. The van der Waals surface area contributed by atoms with Crippen LogP contribution in [-0.4, -0.2) is 38.9 Å². The summed E-state index contributed by atoms with van der Waals surface area (Å²) in [6.45, 7) is 3.21. The van der Waals surface area contributed by atoms with E-state index in [1.54, 1.807) is 11.6 Å². The molecule has 30 heavy (non-hydrogen) atoms. The summed E-state index contributed by atoms with van der Waals surface area (Å²) in [4.78, 5) is 21.8. The van der Waals surface area contributed by atoms with Gasteiger partial charge >= 0.3 is 5.97 Å². The number of carbonyl (C=O) groups excluding carboxylic acids is 1. The van der Waals surface area contributed by atoms with Gasteiger partial charge in [-0.1, -0.05) is 18.2 Å². The number of esters is 1. The number of hydrogen-bond acceptors (Lipinski definition) is 7. The van der Waals surface area contributed by atoms with Crippen molar-refractivity contribution in [3.63, 3.8) is 0 Å². The highest BCUT2D eigenvalue weighted by atomic mass is 35.5. The molecule has 2 heterocycles. The van der Waals surface area contributed by atoms with Gasteiger partial charge in [0.2, 0.25) is 5.95 Å². The van der Waals surface area contributed by atoms with E-state index in [0.29, 0.717) is 37.8 Å². The molecule has 9 heteroatoms. The van der Waals surface area contributed by atoms with Crippen molar-refractivity contribution in [3.8, 4) is 11.4 Å². The first-order valence-corrected chi connectivity index (χ1v) is 9.86. The van der Waals surface area contributed by atoms with Crippen LogP contribution in [0.4, 0.5) is 11.6 Å². The van der Waals surface area contributed by atoms with Gasteiger partial charge in [-0.2, -0.15) is 5.10 Å². The highest BCUT2D eigenvalue weighted by Crippen LogP contribution is 2.34. The summed E-state index contributed by atoms with van der Waals surface area (Å²) in [5.41, 5.74) is 10.5. The average Bonchev–Trinajstić information content (AvgIpc) is 3.12. The van der Waals surface area contributed by atoms with Crippen LogP contribution in [0, 0.1) is 0 Å². The van der Waals surface area contributed by atoms with Gasteiger partial charge in [0.05, 0.1) is 12.3 Å². The number of nitrogens with one attached hydrogen (secondary N) is 1. The number of nitrogens with two attached hydrogens (primary N) is 1. The Hall–Kier alpha value is -2.97. The van der Waals surface area contributed by atoms with Crippen molar-refractivity contribution in [1.82, 2.24) is 19.7 Å². The first kappa shape index (κ1) is 21.7. The number of rotatable bonds is 7. The molecule has 158 valence electrons. The Balaban J connectivity index is 0.00000256. The molecule has 0 radical (unpaired) electrons. The van der Waals surface area contributed by atoms with Crippen molar-refractivity contribution < 1.29 is 9.53 Å². The lowest BCUT2D eigenvalue weighted by Gasteiger charge is -2.16. The van der Waals surface area contributed by atoms with Gasteiger partial charge < -0.3 is 15.8 Å². The fourth-order valence-corrected chi connectivity index (χ4v) is 3.52. The van der Waals surface area contributed by atoms with E-state index in [9.17, 15) is 4.79 Å². The van der Waals surface area contributed by atoms with E-state index in [1.807, 2.05) is 36.5 Å². The van der Waals surface area contributed by atoms with Crippen LogP contribution in [0.5, 0.6) is 0 Å². The molecule has 1 aromatic carbocycles. The maximum absolute atomic E-state index is 12.6. The molecule has 3 aromatic rings. The molecular formula is C21H25ClN6O2. The number of anilines is 2. The maximum Gasteiger partial charge on any atom is 0.356 e. The Morgan fingerprint density at radius 2 is 2.03 bits per heavy atom. The van der Waals surface area contributed by atoms with Gasteiger partial charge in [-0.25, -0.2) is 14.8 Å². The van der Waals surface area contributed by atoms with Crippen molar-refractivity contribution in [2.75, 3.05) is 18.5 Å². The lowest BCUT2D eigenvalue weighted by Crippen LogP contribution is -2.17. The van der Waals surface area contributed by atoms with Crippen molar-refractivity contribution in [2.24, 2.45) is 5.73 Å². The largest absolute Gasteiger partial charge is 0.461 e. The maximum atomic E-state index is 12.6. The Kier molecular flexibility index (Phi) is 7.02. The Morgan fingerprint density at radius 1 is 1.23 bits per heavy atom. The number of aromatic nitrogens is 4. The minimum atomic E-state index is -0.349. The van der Waals surface area contributed by atoms with Crippen molar-refractivity contribution in [2.45, 2.75) is 32.7 Å². The highest BCUT2D eigenvalue weighted by Gasteiger charge is 2.30. The highest BCUT2D eigenvalue weighted by molar-refractivity contribution is 5.92. The lowest BCUT2D eigenvalue weighted by molar-refractivity contribution is 0.0510. The van der Waals surface area contributed by atoms with Crippen molar-refractivity contribution >= 4 is 30.0 Å². The fraction of sp³-hybridized carbons (Fsp3) is 0.333. The van der Waals surface area contributed by atoms with Gasteiger partial charge in [0.15, 0.2) is 0 Å². The van der Waals surface area contributed by atoms with Crippen molar-refractivity contribution in [1.29, 1.82) is 0 Å². The number of benzene rings is 1. The molecule has 1 aliphatic rings. The summed E-state index contributed by atoms with van der Waals surface area (Å²) >= 11 is 0. The summed E-state index contributed by atoms with van der Waals surface area (Å²) < 4.78 is 7.01. The molecule has 0 saturated heterocycles.